The van der Waals surface area contributed by atoms with Gasteiger partial charge in [-0.15, -0.1) is 0 Å². The first kappa shape index (κ1) is 34.2. The van der Waals surface area contributed by atoms with Gasteiger partial charge < -0.3 is 19.7 Å². The van der Waals surface area contributed by atoms with Crippen molar-refractivity contribution in [3.63, 3.8) is 0 Å². The molecule has 1 spiro atoms. The van der Waals surface area contributed by atoms with Crippen molar-refractivity contribution in [2.24, 2.45) is 5.92 Å². The van der Waals surface area contributed by atoms with Gasteiger partial charge in [-0.3, -0.25) is 29.4 Å². The van der Waals surface area contributed by atoms with Crippen LogP contribution in [-0.2, 0) is 35.9 Å². The number of esters is 1. The SMILES string of the molecule is O=C1O[C@H](c2ccccc2)[C@H](c2ccccc2)N2[C@H]1[C@@H](C(=O)O)[C@]1(C(=O)N(C(=O)OCc3ccc([N+](=O)[O-])cc3)c3ccccc31)[C@H]2c1ccc(O)cc1. The number of carboxylic acid groups (broad SMARTS) is 1. The van der Waals surface area contributed by atoms with Crippen LogP contribution < -0.4 is 4.90 Å². The number of anilines is 1. The van der Waals surface area contributed by atoms with Crippen LogP contribution in [-0.4, -0.2) is 50.0 Å². The van der Waals surface area contributed by atoms with E-state index in [4.69, 9.17) is 9.47 Å². The number of carbonyl (C=O) groups is 4. The van der Waals surface area contributed by atoms with Crippen molar-refractivity contribution in [1.29, 1.82) is 0 Å². The second-order valence-electron chi connectivity index (χ2n) is 13.3. The fraction of sp³-hybridized carbons (Fsp3) is 0.171. The van der Waals surface area contributed by atoms with Crippen molar-refractivity contribution in [3.8, 4) is 5.75 Å². The number of aromatic hydroxyl groups is 1. The van der Waals surface area contributed by atoms with E-state index in [-0.39, 0.29) is 29.3 Å². The molecule has 0 unspecified atom stereocenters. The summed E-state index contributed by atoms with van der Waals surface area (Å²) < 4.78 is 11.8. The maximum absolute atomic E-state index is 15.4. The van der Waals surface area contributed by atoms with Crippen LogP contribution in [0.1, 0.15) is 46.0 Å². The number of carbonyl (C=O) groups excluding carboxylic acids is 3. The highest BCUT2D eigenvalue weighted by Gasteiger charge is 2.76. The molecule has 6 atom stereocenters. The third kappa shape index (κ3) is 5.27. The number of phenolic OH excluding ortho intramolecular Hbond substituents is 1. The average Bonchev–Trinajstić information content (AvgIpc) is 3.65. The summed E-state index contributed by atoms with van der Waals surface area (Å²) >= 11 is 0. The highest BCUT2D eigenvalue weighted by Crippen LogP contribution is 2.65. The van der Waals surface area contributed by atoms with E-state index < -0.39 is 64.4 Å². The highest BCUT2D eigenvalue weighted by molar-refractivity contribution is 6.23. The van der Waals surface area contributed by atoms with Gasteiger partial charge in [0.15, 0.2) is 0 Å². The second-order valence-corrected chi connectivity index (χ2v) is 13.3. The van der Waals surface area contributed by atoms with Gasteiger partial charge in [0.05, 0.1) is 22.7 Å². The van der Waals surface area contributed by atoms with Gasteiger partial charge in [0, 0.05) is 12.1 Å². The monoisotopic (exact) mass is 725 g/mol. The molecule has 54 heavy (non-hydrogen) atoms. The number of morpholine rings is 1. The van der Waals surface area contributed by atoms with Gasteiger partial charge in [0.2, 0.25) is 5.91 Å². The van der Waals surface area contributed by atoms with Crippen molar-refractivity contribution >= 4 is 35.3 Å². The number of phenols is 1. The van der Waals surface area contributed by atoms with E-state index in [9.17, 15) is 34.7 Å². The Kier molecular flexibility index (Phi) is 8.42. The Bertz CT molecular complexity index is 2280. The molecule has 3 aliphatic rings. The van der Waals surface area contributed by atoms with Crippen LogP contribution in [0, 0.1) is 16.0 Å². The maximum atomic E-state index is 15.4. The van der Waals surface area contributed by atoms with Crippen molar-refractivity contribution in [2.75, 3.05) is 4.90 Å². The molecular weight excluding hydrogens is 694 g/mol. The quantitative estimate of drug-likeness (QED) is 0.108. The van der Waals surface area contributed by atoms with E-state index >= 15 is 4.79 Å². The minimum Gasteiger partial charge on any atom is -0.508 e. The lowest BCUT2D eigenvalue weighted by Gasteiger charge is -2.46. The number of nitro groups is 1. The number of para-hydroxylation sites is 1. The first-order valence-electron chi connectivity index (χ1n) is 17.1. The molecule has 3 heterocycles. The molecule has 0 bridgehead atoms. The molecule has 270 valence electrons. The zero-order chi connectivity index (χ0) is 37.7. The number of non-ortho nitro benzene ring substituents is 1. The summed E-state index contributed by atoms with van der Waals surface area (Å²) in [6, 6.07) is 32.3. The molecule has 8 rings (SSSR count). The third-order valence-corrected chi connectivity index (χ3v) is 10.5. The number of ether oxygens (including phenoxy) is 2. The largest absolute Gasteiger partial charge is 0.508 e. The first-order valence-corrected chi connectivity index (χ1v) is 17.1. The molecule has 2 N–H and O–H groups in total. The lowest BCUT2D eigenvalue weighted by molar-refractivity contribution is -0.384. The van der Waals surface area contributed by atoms with E-state index in [2.05, 4.69) is 0 Å². The molecule has 0 saturated carbocycles. The van der Waals surface area contributed by atoms with Gasteiger partial charge in [-0.25, -0.2) is 9.69 Å². The lowest BCUT2D eigenvalue weighted by atomic mass is 9.65. The summed E-state index contributed by atoms with van der Waals surface area (Å²) in [6.45, 7) is -0.352. The number of carboxylic acids is 1. The zero-order valence-corrected chi connectivity index (χ0v) is 28.3. The number of hydrogen-bond acceptors (Lipinski definition) is 10. The smallest absolute Gasteiger partial charge is 0.421 e. The number of nitrogens with zero attached hydrogens (tertiary/aromatic N) is 3. The summed E-state index contributed by atoms with van der Waals surface area (Å²) in [5, 5.41) is 32.7. The van der Waals surface area contributed by atoms with E-state index in [1.807, 2.05) is 48.5 Å². The number of benzene rings is 5. The van der Waals surface area contributed by atoms with Crippen LogP contribution in [0.3, 0.4) is 0 Å². The summed E-state index contributed by atoms with van der Waals surface area (Å²) in [6.07, 6.45) is -2.04. The molecule has 3 aliphatic heterocycles. The Balaban J connectivity index is 1.32. The normalized spacial score (nSPS) is 24.4. The van der Waals surface area contributed by atoms with E-state index in [0.29, 0.717) is 22.3 Å². The number of rotatable bonds is 7. The predicted octanol–water partition coefficient (Wildman–Crippen LogP) is 6.39. The Morgan fingerprint density at radius 1 is 0.778 bits per heavy atom. The number of fused-ring (bicyclic) bond motifs is 3. The number of hydrogen-bond donors (Lipinski definition) is 2. The van der Waals surface area contributed by atoms with E-state index in [0.717, 1.165) is 4.90 Å². The molecule has 2 amide bonds. The highest BCUT2D eigenvalue weighted by atomic mass is 16.6. The fourth-order valence-corrected chi connectivity index (χ4v) is 8.40. The van der Waals surface area contributed by atoms with Crippen molar-refractivity contribution in [2.45, 2.75) is 36.3 Å². The first-order chi connectivity index (χ1) is 26.1. The van der Waals surface area contributed by atoms with E-state index in [1.165, 1.54) is 42.5 Å². The summed E-state index contributed by atoms with van der Waals surface area (Å²) in [4.78, 5) is 70.9. The Morgan fingerprint density at radius 3 is 2.02 bits per heavy atom. The average molecular weight is 726 g/mol. The van der Waals surface area contributed by atoms with Gasteiger partial charge >= 0.3 is 18.0 Å². The van der Waals surface area contributed by atoms with Crippen molar-refractivity contribution in [3.05, 3.63) is 171 Å². The molecule has 2 fully saturated rings. The van der Waals surface area contributed by atoms with Crippen LogP contribution in [0.25, 0.3) is 0 Å². The van der Waals surface area contributed by atoms with Gasteiger partial charge in [-0.2, -0.15) is 0 Å². The third-order valence-electron chi connectivity index (χ3n) is 10.5. The van der Waals surface area contributed by atoms with Crippen molar-refractivity contribution < 1.29 is 43.8 Å². The van der Waals surface area contributed by atoms with Gasteiger partial charge in [-0.05, 0) is 58.1 Å². The maximum Gasteiger partial charge on any atom is 0.421 e. The molecule has 13 heteroatoms. The van der Waals surface area contributed by atoms with Crippen LogP contribution >= 0.6 is 0 Å². The standard InChI is InChI=1S/C41H31N3O10/c45-29-21-17-27(18-22-29)36-41(30-13-7-8-14-31(30)42(39(41)49)40(50)53-23-24-15-19-28(20-16-24)44(51)52)32(37(46)47)34-38(48)54-35(26-11-5-2-6-12-26)33(43(34)36)25-9-3-1-4-10-25/h1-22,32-36,45H,23H2,(H,46,47)/t32-,33-,34-,35+,36+,41-/m0/s1. The van der Waals surface area contributed by atoms with Crippen LogP contribution in [0.5, 0.6) is 5.75 Å². The second kappa shape index (κ2) is 13.3. The summed E-state index contributed by atoms with van der Waals surface area (Å²) in [7, 11) is 0. The minimum absolute atomic E-state index is 0.0773. The molecule has 0 aliphatic carbocycles. The van der Waals surface area contributed by atoms with Gasteiger partial charge in [-0.1, -0.05) is 91.0 Å². The molecule has 0 radical (unpaired) electrons. The molecule has 0 aromatic heterocycles. The number of aliphatic carboxylic acids is 1. The number of amides is 2. The molecule has 13 nitrogen and oxygen atoms in total. The number of nitro benzene ring substituents is 1. The predicted molar refractivity (Wildman–Crippen MR) is 191 cm³/mol. The lowest BCUT2D eigenvalue weighted by Crippen LogP contribution is -2.53. The minimum atomic E-state index is -2.10. The van der Waals surface area contributed by atoms with Gasteiger partial charge in [0.25, 0.3) is 5.69 Å². The van der Waals surface area contributed by atoms with E-state index in [1.54, 1.807) is 47.4 Å². The molecule has 5 aromatic rings. The molecular formula is C41H31N3O10. The van der Waals surface area contributed by atoms with Crippen LogP contribution in [0.15, 0.2) is 133 Å². The zero-order valence-electron chi connectivity index (χ0n) is 28.3. The molecule has 5 aromatic carbocycles. The molecule has 2 saturated heterocycles. The Morgan fingerprint density at radius 2 is 1.39 bits per heavy atom. The van der Waals surface area contributed by atoms with Crippen LogP contribution in [0.4, 0.5) is 16.2 Å². The Labute approximate surface area is 307 Å². The topological polar surface area (TPSA) is 177 Å². The number of imide groups is 1. The van der Waals surface area contributed by atoms with Gasteiger partial charge in [0.1, 0.15) is 35.8 Å². The number of cyclic esters (lactones) is 1. The Hall–Kier alpha value is -6.86. The summed E-state index contributed by atoms with van der Waals surface area (Å²) in [5.74, 6) is -5.08. The summed E-state index contributed by atoms with van der Waals surface area (Å²) in [5.41, 5.74) is 0.162. The fourth-order valence-electron chi connectivity index (χ4n) is 8.40. The van der Waals surface area contributed by atoms with Crippen LogP contribution in [0.2, 0.25) is 0 Å². The van der Waals surface area contributed by atoms with Crippen molar-refractivity contribution in [1.82, 2.24) is 4.90 Å².